The molecule has 1 unspecified atom stereocenters. The zero-order valence-electron chi connectivity index (χ0n) is 16.4. The lowest BCUT2D eigenvalue weighted by atomic mass is 9.69. The summed E-state index contributed by atoms with van der Waals surface area (Å²) >= 11 is 0. The zero-order chi connectivity index (χ0) is 17.9. The summed E-state index contributed by atoms with van der Waals surface area (Å²) in [6, 6.07) is 0.0373. The molecule has 5 heteroatoms. The van der Waals surface area contributed by atoms with Crippen molar-refractivity contribution < 1.29 is 23.0 Å². The molecule has 2 aliphatic heterocycles. The molecule has 0 saturated carbocycles. The average Bonchev–Trinajstić information content (AvgIpc) is 2.74. The van der Waals surface area contributed by atoms with Crippen LogP contribution in [0.5, 0.6) is 0 Å². The van der Waals surface area contributed by atoms with E-state index in [0.717, 1.165) is 24.0 Å². The minimum Gasteiger partial charge on any atom is -0.312 e. The van der Waals surface area contributed by atoms with Crippen molar-refractivity contribution in [3.05, 3.63) is 0 Å². The highest BCUT2D eigenvalue weighted by Crippen LogP contribution is 2.50. The predicted molar refractivity (Wildman–Crippen MR) is 91.5 cm³/mol. The van der Waals surface area contributed by atoms with Crippen LogP contribution in [0.15, 0.2) is 0 Å². The van der Waals surface area contributed by atoms with Crippen molar-refractivity contribution in [2.24, 2.45) is 0 Å². The van der Waals surface area contributed by atoms with Gasteiger partial charge in [-0.15, -0.1) is 4.48 Å². The Labute approximate surface area is 141 Å². The van der Waals surface area contributed by atoms with Crippen LogP contribution in [-0.4, -0.2) is 84.3 Å². The molecule has 0 N–H and O–H groups in total. The number of carbonyl (C=O) groups is 2. The van der Waals surface area contributed by atoms with Gasteiger partial charge in [0.05, 0.1) is 58.7 Å². The molecule has 2 fully saturated rings. The van der Waals surface area contributed by atoms with Gasteiger partial charge in [0.25, 0.3) is 0 Å². The first-order valence-electron chi connectivity index (χ1n) is 8.82. The minimum atomic E-state index is -0.0243. The molecule has 2 saturated heterocycles. The lowest BCUT2D eigenvalue weighted by molar-refractivity contribution is -1.05. The summed E-state index contributed by atoms with van der Waals surface area (Å²) in [5.41, 5.74) is 0.489. The van der Waals surface area contributed by atoms with Gasteiger partial charge in [0.15, 0.2) is 0 Å². The van der Waals surface area contributed by atoms with Gasteiger partial charge < -0.3 is 4.48 Å². The van der Waals surface area contributed by atoms with E-state index in [1.54, 1.807) is 7.05 Å². The fourth-order valence-electron chi connectivity index (χ4n) is 5.00. The van der Waals surface area contributed by atoms with E-state index in [1.807, 2.05) is 14.1 Å². The quantitative estimate of drug-likeness (QED) is 0.746. The highest BCUT2D eigenvalue weighted by molar-refractivity contribution is 5.81. The maximum atomic E-state index is 13.1. The van der Waals surface area contributed by atoms with Gasteiger partial charge in [0, 0.05) is 6.42 Å². The molecule has 0 aromatic carbocycles. The molecule has 1 atom stereocenters. The van der Waals surface area contributed by atoms with Crippen molar-refractivity contribution in [2.45, 2.75) is 58.0 Å². The monoisotopic (exact) mass is 326 g/mol. The van der Waals surface area contributed by atoms with Crippen molar-refractivity contribution in [1.29, 1.82) is 0 Å². The molecular formula is C18H36N3O2+3. The minimum absolute atomic E-state index is 0.0243. The second-order valence-corrected chi connectivity index (χ2v) is 9.82. The van der Waals surface area contributed by atoms with Crippen LogP contribution in [0.2, 0.25) is 0 Å². The fourth-order valence-corrected chi connectivity index (χ4v) is 5.00. The number of urea groups is 1. The maximum absolute atomic E-state index is 13.1. The highest BCUT2D eigenvalue weighted by atomic mass is 16.2. The lowest BCUT2D eigenvalue weighted by Gasteiger charge is -2.67. The van der Waals surface area contributed by atoms with E-state index in [-0.39, 0.29) is 32.0 Å². The molecule has 0 aromatic heterocycles. The van der Waals surface area contributed by atoms with Gasteiger partial charge in [0.1, 0.15) is 13.1 Å². The van der Waals surface area contributed by atoms with Gasteiger partial charge >= 0.3 is 11.9 Å². The predicted octanol–water partition coefficient (Wildman–Crippen LogP) is 2.36. The van der Waals surface area contributed by atoms with Crippen molar-refractivity contribution in [1.82, 2.24) is 0 Å². The molecule has 5 nitrogen and oxygen atoms in total. The van der Waals surface area contributed by atoms with E-state index in [0.29, 0.717) is 13.0 Å². The van der Waals surface area contributed by atoms with Crippen molar-refractivity contribution >= 4 is 11.9 Å². The summed E-state index contributed by atoms with van der Waals surface area (Å²) in [6.45, 7) is 11.6. The fraction of sp³-hybridized carbons (Fsp3) is 0.889. The van der Waals surface area contributed by atoms with Crippen LogP contribution in [0.25, 0.3) is 0 Å². The number of likely N-dealkylation sites (N-methyl/N-ethyl adjacent to an activating group) is 2. The van der Waals surface area contributed by atoms with E-state index >= 15 is 0 Å². The molecule has 0 aliphatic carbocycles. The molecule has 2 heterocycles. The topological polar surface area (TPSA) is 34.1 Å². The molecule has 0 aromatic rings. The number of nitrogens with zero attached hydrogens (tertiary/aromatic N) is 3. The number of likely N-dealkylation sites (tertiary alicyclic amines) is 2. The summed E-state index contributed by atoms with van der Waals surface area (Å²) in [4.78, 5) is 25.3. The van der Waals surface area contributed by atoms with E-state index in [9.17, 15) is 9.59 Å². The molecule has 0 bridgehead atoms. The Morgan fingerprint density at radius 1 is 1.13 bits per heavy atom. The summed E-state index contributed by atoms with van der Waals surface area (Å²) in [5, 5.41) is 0. The van der Waals surface area contributed by atoms with Crippen LogP contribution in [0, 0.1) is 0 Å². The normalized spacial score (nSPS) is 31.7. The first-order valence-corrected chi connectivity index (χ1v) is 8.82. The zero-order valence-corrected chi connectivity index (χ0v) is 16.4. The van der Waals surface area contributed by atoms with Crippen LogP contribution >= 0.6 is 0 Å². The number of carbonyl (C=O) groups excluding carboxylic acids is 2. The smallest absolute Gasteiger partial charge is 0.312 e. The second-order valence-electron chi connectivity index (χ2n) is 9.82. The third-order valence-electron chi connectivity index (χ3n) is 7.13. The van der Waals surface area contributed by atoms with Crippen LogP contribution in [0.1, 0.15) is 47.0 Å². The van der Waals surface area contributed by atoms with Crippen molar-refractivity contribution in [3.8, 4) is 0 Å². The molecule has 0 spiro atoms. The number of rotatable bonds is 3. The molecule has 3 amide bonds. The first-order chi connectivity index (χ1) is 10.2. The largest absolute Gasteiger partial charge is 0.521 e. The highest BCUT2D eigenvalue weighted by Gasteiger charge is 2.64. The average molecular weight is 327 g/mol. The van der Waals surface area contributed by atoms with Crippen molar-refractivity contribution in [3.63, 3.8) is 0 Å². The van der Waals surface area contributed by atoms with E-state index < -0.39 is 0 Å². The maximum Gasteiger partial charge on any atom is 0.521 e. The Morgan fingerprint density at radius 2 is 1.65 bits per heavy atom. The second kappa shape index (κ2) is 5.11. The Hall–Kier alpha value is -0.780. The van der Waals surface area contributed by atoms with E-state index in [2.05, 4.69) is 34.7 Å². The third kappa shape index (κ3) is 2.57. The standard InChI is InChI=1S/C18H36N3O2/c1-17(2)14-18(3,4)21(17,8)13-12-19(5,6)16(23)20(7)11-9-10-15(20)22/h9-14H2,1-8H3/q+3. The molecule has 2 rings (SSSR count). The van der Waals surface area contributed by atoms with Crippen molar-refractivity contribution in [2.75, 3.05) is 47.8 Å². The number of hydrogen-bond donors (Lipinski definition) is 0. The molecule has 2 aliphatic rings. The molecular weight excluding hydrogens is 290 g/mol. The van der Waals surface area contributed by atoms with Gasteiger partial charge in [-0.3, -0.25) is 0 Å². The summed E-state index contributed by atoms with van der Waals surface area (Å²) in [7, 11) is 8.03. The van der Waals surface area contributed by atoms with Crippen LogP contribution in [0.3, 0.4) is 0 Å². The Bertz CT molecular complexity index is 522. The molecule has 0 radical (unpaired) electrons. The van der Waals surface area contributed by atoms with Crippen LogP contribution < -0.4 is 0 Å². The number of hydrogen-bond acceptors (Lipinski definition) is 2. The van der Waals surface area contributed by atoms with Crippen LogP contribution in [-0.2, 0) is 4.79 Å². The lowest BCUT2D eigenvalue weighted by Crippen LogP contribution is -2.81. The number of quaternary nitrogens is 3. The van der Waals surface area contributed by atoms with Gasteiger partial charge in [-0.2, -0.15) is 4.79 Å². The Morgan fingerprint density at radius 3 is 2.04 bits per heavy atom. The molecule has 132 valence electrons. The van der Waals surface area contributed by atoms with E-state index in [4.69, 9.17) is 0 Å². The summed E-state index contributed by atoms with van der Waals surface area (Å²) in [6.07, 6.45) is 2.56. The third-order valence-corrected chi connectivity index (χ3v) is 7.13. The van der Waals surface area contributed by atoms with E-state index in [1.165, 1.54) is 6.42 Å². The van der Waals surface area contributed by atoms with Gasteiger partial charge in [0.2, 0.25) is 0 Å². The Balaban J connectivity index is 2.13. The van der Waals surface area contributed by atoms with Gasteiger partial charge in [-0.25, -0.2) is 9.28 Å². The first kappa shape index (κ1) is 18.6. The number of amides is 3. The van der Waals surface area contributed by atoms with Crippen LogP contribution in [0.4, 0.5) is 4.79 Å². The van der Waals surface area contributed by atoms with Gasteiger partial charge in [-0.1, -0.05) is 0 Å². The number of imide groups is 1. The molecule has 23 heavy (non-hydrogen) atoms. The SMILES string of the molecule is CC1(C)CC(C)(C)[N+]1(C)CC[N+](C)(C)C(=O)[N+]1(C)CCCC1=O. The summed E-state index contributed by atoms with van der Waals surface area (Å²) < 4.78 is 1.23. The summed E-state index contributed by atoms with van der Waals surface area (Å²) in [5.74, 6) is 0.0752. The van der Waals surface area contributed by atoms with Gasteiger partial charge in [-0.05, 0) is 27.7 Å². The Kier molecular flexibility index (Phi) is 4.12.